The number of carbonyl (C=O) groups excluding carboxylic acids is 1. The fourth-order valence-corrected chi connectivity index (χ4v) is 3.56. The molecule has 0 saturated carbocycles. The molecule has 3 aromatic rings. The Bertz CT molecular complexity index is 925. The molecule has 2 nitrogen and oxygen atoms in total. The summed E-state index contributed by atoms with van der Waals surface area (Å²) in [6.45, 7) is 2.05. The molecule has 0 saturated heterocycles. The van der Waals surface area contributed by atoms with E-state index in [1.54, 1.807) is 12.1 Å². The van der Waals surface area contributed by atoms with Crippen molar-refractivity contribution in [3.63, 3.8) is 0 Å². The quantitative estimate of drug-likeness (QED) is 0.531. The standard InChI is InChI=1S/C23H21Cl2NO/c1-16-6-5-9-19(14-16)23(18-7-3-2-4-8-18)26-22(27)13-11-17-10-12-20(24)15-21(17)25/h2-10,12,14-15,23H,11,13H2,1H3,(H,26,27)/t23-/m1/s1. The van der Waals surface area contributed by atoms with E-state index in [-0.39, 0.29) is 11.9 Å². The van der Waals surface area contributed by atoms with Gasteiger partial charge in [-0.05, 0) is 42.2 Å². The Labute approximate surface area is 170 Å². The summed E-state index contributed by atoms with van der Waals surface area (Å²) >= 11 is 12.1. The van der Waals surface area contributed by atoms with E-state index in [0.29, 0.717) is 22.9 Å². The Morgan fingerprint density at radius 1 is 0.926 bits per heavy atom. The summed E-state index contributed by atoms with van der Waals surface area (Å²) in [4.78, 5) is 12.7. The first-order valence-corrected chi connectivity index (χ1v) is 9.63. The van der Waals surface area contributed by atoms with Gasteiger partial charge >= 0.3 is 0 Å². The lowest BCUT2D eigenvalue weighted by molar-refractivity contribution is -0.121. The molecule has 0 unspecified atom stereocenters. The van der Waals surface area contributed by atoms with Crippen LogP contribution in [0.2, 0.25) is 10.0 Å². The summed E-state index contributed by atoms with van der Waals surface area (Å²) in [6.07, 6.45) is 0.924. The van der Waals surface area contributed by atoms with Crippen LogP contribution in [0.25, 0.3) is 0 Å². The van der Waals surface area contributed by atoms with Crippen LogP contribution in [0.15, 0.2) is 72.8 Å². The Hall–Kier alpha value is -2.29. The van der Waals surface area contributed by atoms with Crippen molar-refractivity contribution >= 4 is 29.1 Å². The van der Waals surface area contributed by atoms with E-state index in [1.165, 1.54) is 0 Å². The van der Waals surface area contributed by atoms with E-state index in [0.717, 1.165) is 22.3 Å². The van der Waals surface area contributed by atoms with Crippen molar-refractivity contribution in [1.82, 2.24) is 5.32 Å². The fraction of sp³-hybridized carbons (Fsp3) is 0.174. The van der Waals surface area contributed by atoms with Crippen molar-refractivity contribution < 1.29 is 4.79 Å². The van der Waals surface area contributed by atoms with Gasteiger partial charge in [-0.3, -0.25) is 4.79 Å². The molecule has 3 aromatic carbocycles. The zero-order valence-corrected chi connectivity index (χ0v) is 16.6. The predicted molar refractivity (Wildman–Crippen MR) is 112 cm³/mol. The van der Waals surface area contributed by atoms with E-state index in [9.17, 15) is 4.79 Å². The van der Waals surface area contributed by atoms with Crippen LogP contribution < -0.4 is 5.32 Å². The summed E-state index contributed by atoms with van der Waals surface area (Å²) in [5.74, 6) is -0.0172. The van der Waals surface area contributed by atoms with Crippen LogP contribution in [0.1, 0.15) is 34.7 Å². The van der Waals surface area contributed by atoms with Crippen LogP contribution >= 0.6 is 23.2 Å². The third-order valence-electron chi connectivity index (χ3n) is 4.45. The molecule has 3 rings (SSSR count). The summed E-state index contributed by atoms with van der Waals surface area (Å²) < 4.78 is 0. The Morgan fingerprint density at radius 2 is 1.67 bits per heavy atom. The van der Waals surface area contributed by atoms with Crippen LogP contribution in [0, 0.1) is 6.92 Å². The number of aryl methyl sites for hydroxylation is 2. The van der Waals surface area contributed by atoms with Crippen molar-refractivity contribution in [2.24, 2.45) is 0 Å². The summed E-state index contributed by atoms with van der Waals surface area (Å²) in [5.41, 5.74) is 4.21. The molecule has 0 aliphatic heterocycles. The van der Waals surface area contributed by atoms with E-state index in [2.05, 4.69) is 24.4 Å². The molecule has 1 N–H and O–H groups in total. The normalized spacial score (nSPS) is 11.8. The smallest absolute Gasteiger partial charge is 0.221 e. The van der Waals surface area contributed by atoms with Crippen molar-refractivity contribution in [3.8, 4) is 0 Å². The second-order valence-corrected chi connectivity index (χ2v) is 7.40. The van der Waals surface area contributed by atoms with Crippen molar-refractivity contribution in [2.75, 3.05) is 0 Å². The Kier molecular flexibility index (Phi) is 6.54. The highest BCUT2D eigenvalue weighted by molar-refractivity contribution is 6.35. The topological polar surface area (TPSA) is 29.1 Å². The molecule has 27 heavy (non-hydrogen) atoms. The van der Waals surface area contributed by atoms with Crippen LogP contribution in [-0.2, 0) is 11.2 Å². The largest absolute Gasteiger partial charge is 0.345 e. The minimum Gasteiger partial charge on any atom is -0.345 e. The van der Waals surface area contributed by atoms with Crippen LogP contribution in [0.5, 0.6) is 0 Å². The van der Waals surface area contributed by atoms with Gasteiger partial charge in [-0.2, -0.15) is 0 Å². The molecule has 0 spiro atoms. The summed E-state index contributed by atoms with van der Waals surface area (Å²) in [7, 11) is 0. The molecule has 0 heterocycles. The highest BCUT2D eigenvalue weighted by atomic mass is 35.5. The minimum absolute atomic E-state index is 0.0172. The lowest BCUT2D eigenvalue weighted by atomic mass is 9.97. The average Bonchev–Trinajstić information content (AvgIpc) is 2.66. The number of rotatable bonds is 6. The number of hydrogen-bond acceptors (Lipinski definition) is 1. The molecular weight excluding hydrogens is 377 g/mol. The minimum atomic E-state index is -0.181. The first-order valence-electron chi connectivity index (χ1n) is 8.88. The maximum Gasteiger partial charge on any atom is 0.221 e. The third-order valence-corrected chi connectivity index (χ3v) is 5.04. The molecule has 0 aliphatic rings. The molecular formula is C23H21Cl2NO. The molecule has 0 aliphatic carbocycles. The number of amides is 1. The SMILES string of the molecule is Cc1cccc([C@H](NC(=O)CCc2ccc(Cl)cc2Cl)c2ccccc2)c1. The first-order chi connectivity index (χ1) is 13.0. The molecule has 0 radical (unpaired) electrons. The third kappa shape index (κ3) is 5.35. The lowest BCUT2D eigenvalue weighted by Gasteiger charge is -2.20. The first kappa shape index (κ1) is 19.5. The van der Waals surface area contributed by atoms with E-state index < -0.39 is 0 Å². The zero-order valence-electron chi connectivity index (χ0n) is 15.1. The number of benzene rings is 3. The highest BCUT2D eigenvalue weighted by Gasteiger charge is 2.17. The maximum atomic E-state index is 12.7. The van der Waals surface area contributed by atoms with Gasteiger partial charge in [0.25, 0.3) is 0 Å². The van der Waals surface area contributed by atoms with Gasteiger partial charge in [-0.25, -0.2) is 0 Å². The lowest BCUT2D eigenvalue weighted by Crippen LogP contribution is -2.29. The molecule has 138 valence electrons. The van der Waals surface area contributed by atoms with Gasteiger partial charge in [-0.15, -0.1) is 0 Å². The number of carbonyl (C=O) groups is 1. The Balaban J connectivity index is 1.74. The molecule has 4 heteroatoms. The molecule has 1 atom stereocenters. The summed E-state index contributed by atoms with van der Waals surface area (Å²) in [6, 6.07) is 23.4. The van der Waals surface area contributed by atoms with E-state index >= 15 is 0 Å². The summed E-state index contributed by atoms with van der Waals surface area (Å²) in [5, 5.41) is 4.36. The highest BCUT2D eigenvalue weighted by Crippen LogP contribution is 2.24. The molecule has 1 amide bonds. The Morgan fingerprint density at radius 3 is 2.37 bits per heavy atom. The van der Waals surface area contributed by atoms with Gasteiger partial charge in [0.2, 0.25) is 5.91 Å². The maximum absolute atomic E-state index is 12.7. The molecule has 0 bridgehead atoms. The second-order valence-electron chi connectivity index (χ2n) is 6.56. The number of hydrogen-bond donors (Lipinski definition) is 1. The zero-order chi connectivity index (χ0) is 19.2. The number of halogens is 2. The van der Waals surface area contributed by atoms with Gasteiger partial charge in [0, 0.05) is 16.5 Å². The van der Waals surface area contributed by atoms with E-state index in [1.807, 2.05) is 48.5 Å². The second kappa shape index (κ2) is 9.07. The van der Waals surface area contributed by atoms with Gasteiger partial charge in [0.15, 0.2) is 0 Å². The van der Waals surface area contributed by atoms with Gasteiger partial charge in [0.05, 0.1) is 6.04 Å². The van der Waals surface area contributed by atoms with Gasteiger partial charge in [-0.1, -0.05) is 89.4 Å². The van der Waals surface area contributed by atoms with Crippen molar-refractivity contribution in [3.05, 3.63) is 105 Å². The van der Waals surface area contributed by atoms with Crippen molar-refractivity contribution in [2.45, 2.75) is 25.8 Å². The van der Waals surface area contributed by atoms with Crippen LogP contribution in [0.3, 0.4) is 0 Å². The fourth-order valence-electron chi connectivity index (χ4n) is 3.06. The van der Waals surface area contributed by atoms with Gasteiger partial charge < -0.3 is 5.32 Å². The monoisotopic (exact) mass is 397 g/mol. The van der Waals surface area contributed by atoms with Crippen molar-refractivity contribution in [1.29, 1.82) is 0 Å². The van der Waals surface area contributed by atoms with Crippen LogP contribution in [0.4, 0.5) is 0 Å². The molecule has 0 fully saturated rings. The molecule has 0 aromatic heterocycles. The predicted octanol–water partition coefficient (Wildman–Crippen LogP) is 6.14. The van der Waals surface area contributed by atoms with E-state index in [4.69, 9.17) is 23.2 Å². The van der Waals surface area contributed by atoms with Gasteiger partial charge in [0.1, 0.15) is 0 Å². The average molecular weight is 398 g/mol. The van der Waals surface area contributed by atoms with Crippen LogP contribution in [-0.4, -0.2) is 5.91 Å². The number of nitrogens with one attached hydrogen (secondary N) is 1.